The summed E-state index contributed by atoms with van der Waals surface area (Å²) in [5, 5.41) is 46.8. The van der Waals surface area contributed by atoms with Gasteiger partial charge in [-0.15, -0.1) is 0 Å². The van der Waals surface area contributed by atoms with E-state index in [2.05, 4.69) is 79.7 Å². The van der Waals surface area contributed by atoms with Crippen molar-refractivity contribution in [3.8, 4) is 23.0 Å². The van der Waals surface area contributed by atoms with Crippen molar-refractivity contribution in [2.75, 3.05) is 22.9 Å². The molecule has 6 aromatic rings. The lowest BCUT2D eigenvalue weighted by molar-refractivity contribution is -0.121. The molecule has 0 aromatic heterocycles. The highest BCUT2D eigenvalue weighted by Gasteiger charge is 2.60. The van der Waals surface area contributed by atoms with Crippen molar-refractivity contribution in [1.29, 1.82) is 0 Å². The van der Waals surface area contributed by atoms with E-state index in [0.717, 1.165) is 92.7 Å². The predicted octanol–water partition coefficient (Wildman–Crippen LogP) is 12.8. The van der Waals surface area contributed by atoms with Crippen molar-refractivity contribution in [2.45, 2.75) is 159 Å². The first kappa shape index (κ1) is 47.5. The van der Waals surface area contributed by atoms with E-state index in [1.54, 1.807) is 0 Å². The average molecular weight is 975 g/mol. The van der Waals surface area contributed by atoms with E-state index in [0.29, 0.717) is 30.6 Å². The van der Waals surface area contributed by atoms with Crippen molar-refractivity contribution < 1.29 is 30.0 Å². The maximum Gasteiger partial charge on any atom is 0.242 e. The number of fused-ring (bicyclic) bond motifs is 10. The number of aromatic hydroxyl groups is 4. The number of nitrogens with zero attached hydrogens (tertiary/aromatic N) is 2. The van der Waals surface area contributed by atoms with Gasteiger partial charge in [0.2, 0.25) is 11.8 Å². The summed E-state index contributed by atoms with van der Waals surface area (Å²) in [6.07, 6.45) is 3.79. The molecule has 376 valence electrons. The zero-order valence-electron chi connectivity index (χ0n) is 44.7. The number of amides is 2. The molecule has 4 atom stereocenters. The molecule has 8 nitrogen and oxygen atoms in total. The molecule has 0 fully saturated rings. The molecule has 4 unspecified atom stereocenters. The van der Waals surface area contributed by atoms with Gasteiger partial charge in [0, 0.05) is 46.4 Å². The Hall–Kier alpha value is -6.54. The Balaban J connectivity index is 0.857. The van der Waals surface area contributed by atoms with Crippen LogP contribution in [0, 0.1) is 13.8 Å². The summed E-state index contributed by atoms with van der Waals surface area (Å²) in [7, 11) is 0. The first-order valence-corrected chi connectivity index (χ1v) is 26.4. The third-order valence-electron chi connectivity index (χ3n) is 19.6. The van der Waals surface area contributed by atoms with Gasteiger partial charge in [0.1, 0.15) is 33.8 Å². The molecular formula is C65H70N2O6. The highest BCUT2D eigenvalue weighted by atomic mass is 16.3. The number of hydrogen-bond acceptors (Lipinski definition) is 6. The topological polar surface area (TPSA) is 122 Å². The molecule has 2 spiro atoms. The van der Waals surface area contributed by atoms with Crippen LogP contribution in [0.2, 0.25) is 0 Å². The number of carbonyl (C=O) groups excluding carboxylic acids is 2. The molecule has 2 amide bonds. The minimum absolute atomic E-state index is 0.0871. The van der Waals surface area contributed by atoms with Crippen LogP contribution in [0.15, 0.2) is 97.1 Å². The highest BCUT2D eigenvalue weighted by molar-refractivity contribution is 6.12. The third-order valence-corrected chi connectivity index (χ3v) is 19.6. The van der Waals surface area contributed by atoms with Crippen LogP contribution in [0.5, 0.6) is 23.0 Å². The maximum atomic E-state index is 15.3. The largest absolute Gasteiger partial charge is 0.508 e. The van der Waals surface area contributed by atoms with E-state index in [4.69, 9.17) is 0 Å². The number of para-hydroxylation sites is 2. The second-order valence-corrected chi connectivity index (χ2v) is 26.2. The summed E-state index contributed by atoms with van der Waals surface area (Å²) in [4.78, 5) is 34.3. The van der Waals surface area contributed by atoms with E-state index in [9.17, 15) is 20.4 Å². The summed E-state index contributed by atoms with van der Waals surface area (Å²) in [6.45, 7) is 26.6. The fraction of sp³-hybridized carbons (Fsp3) is 0.415. The van der Waals surface area contributed by atoms with Crippen LogP contribution in [0.1, 0.15) is 179 Å². The molecule has 73 heavy (non-hydrogen) atoms. The van der Waals surface area contributed by atoms with Crippen LogP contribution in [-0.2, 0) is 52.9 Å². The third kappa shape index (κ3) is 6.01. The van der Waals surface area contributed by atoms with Crippen LogP contribution >= 0.6 is 0 Å². The number of rotatable bonds is 6. The Morgan fingerprint density at radius 2 is 0.685 bits per heavy atom. The highest BCUT2D eigenvalue weighted by Crippen LogP contribution is 2.67. The molecule has 6 aromatic carbocycles. The molecule has 0 saturated heterocycles. The van der Waals surface area contributed by atoms with Crippen LogP contribution in [0.25, 0.3) is 0 Å². The summed E-state index contributed by atoms with van der Waals surface area (Å²) in [5.74, 6) is 0.494. The predicted molar refractivity (Wildman–Crippen MR) is 289 cm³/mol. The summed E-state index contributed by atoms with van der Waals surface area (Å²) < 4.78 is 0. The summed E-state index contributed by atoms with van der Waals surface area (Å²) in [6, 6.07) is 32.0. The van der Waals surface area contributed by atoms with Gasteiger partial charge in [0.15, 0.2) is 0 Å². The molecule has 6 aliphatic rings. The molecule has 0 radical (unpaired) electrons. The lowest BCUT2D eigenvalue weighted by Crippen LogP contribution is -2.42. The van der Waals surface area contributed by atoms with Gasteiger partial charge >= 0.3 is 0 Å². The Labute approximate surface area is 430 Å². The van der Waals surface area contributed by atoms with Gasteiger partial charge in [-0.2, -0.15) is 0 Å². The first-order valence-electron chi connectivity index (χ1n) is 26.4. The lowest BCUT2D eigenvalue weighted by Gasteiger charge is -2.31. The van der Waals surface area contributed by atoms with Crippen LogP contribution < -0.4 is 9.80 Å². The number of phenolic OH excluding ortho intramolecular Hbond substituents is 4. The number of carbonyl (C=O) groups is 2. The summed E-state index contributed by atoms with van der Waals surface area (Å²) >= 11 is 0. The van der Waals surface area contributed by atoms with E-state index in [-0.39, 0.29) is 56.5 Å². The first-order chi connectivity index (χ1) is 34.1. The second-order valence-electron chi connectivity index (χ2n) is 26.2. The van der Waals surface area contributed by atoms with Crippen molar-refractivity contribution in [3.05, 3.63) is 175 Å². The zero-order chi connectivity index (χ0) is 52.1. The number of phenols is 4. The van der Waals surface area contributed by atoms with E-state index < -0.39 is 21.7 Å². The Bertz CT molecular complexity index is 3240. The molecule has 2 aliphatic heterocycles. The van der Waals surface area contributed by atoms with Crippen LogP contribution in [-0.4, -0.2) is 45.3 Å². The summed E-state index contributed by atoms with van der Waals surface area (Å²) in [5.41, 5.74) is 11.1. The molecule has 4 N–H and O–H groups in total. The van der Waals surface area contributed by atoms with Crippen molar-refractivity contribution >= 4 is 23.2 Å². The molecule has 0 bridgehead atoms. The Morgan fingerprint density at radius 3 is 1.03 bits per heavy atom. The van der Waals surface area contributed by atoms with Gasteiger partial charge < -0.3 is 30.2 Å². The number of hydrogen-bond donors (Lipinski definition) is 4. The molecule has 4 aliphatic carbocycles. The van der Waals surface area contributed by atoms with Gasteiger partial charge in [-0.1, -0.05) is 104 Å². The fourth-order valence-electron chi connectivity index (χ4n) is 16.4. The van der Waals surface area contributed by atoms with Crippen LogP contribution in [0.3, 0.4) is 0 Å². The molecule has 8 heteroatoms. The van der Waals surface area contributed by atoms with Gasteiger partial charge in [0.05, 0.1) is 0 Å². The number of aryl methyl sites for hydroxylation is 2. The quantitative estimate of drug-likeness (QED) is 0.132. The number of anilines is 2. The van der Waals surface area contributed by atoms with Crippen molar-refractivity contribution in [2.24, 2.45) is 0 Å². The minimum Gasteiger partial charge on any atom is -0.508 e. The van der Waals surface area contributed by atoms with Gasteiger partial charge in [-0.05, 0) is 197 Å². The molecule has 2 heterocycles. The average Bonchev–Trinajstić information content (AvgIpc) is 3.99. The van der Waals surface area contributed by atoms with Crippen molar-refractivity contribution in [3.63, 3.8) is 0 Å². The molecule has 12 rings (SSSR count). The van der Waals surface area contributed by atoms with E-state index >= 15 is 9.59 Å². The molecular weight excluding hydrogens is 905 g/mol. The normalized spacial score (nSPS) is 26.9. The maximum absolute atomic E-state index is 15.3. The number of benzene rings is 6. The Morgan fingerprint density at radius 1 is 0.384 bits per heavy atom. The monoisotopic (exact) mass is 975 g/mol. The standard InChI is InChI=1S/C65H70N2O6/c1-36-24-40-44(28-52(36)68)64(32-58(40,3)4)34-60(7,8)42-26-48(54(70)30-46(42)64)62(11)38-18-13-15-20-50(38)66(56(62)72)22-17-23-67-51-21-16-14-19-39(51)63(12,57(67)73)49-27-43-47(31-55(49)71)65(35-61(43,9)10)33-59(5,6)41-25-37(2)53(69)29-45(41)65/h13-16,18-21,24-31,68-71H,17,22-23,32-35H2,1-12H3. The second kappa shape index (κ2) is 14.6. The van der Waals surface area contributed by atoms with E-state index in [1.165, 1.54) is 11.1 Å². The van der Waals surface area contributed by atoms with Crippen molar-refractivity contribution in [1.82, 2.24) is 0 Å². The van der Waals surface area contributed by atoms with Gasteiger partial charge in [-0.3, -0.25) is 9.59 Å². The molecule has 0 saturated carbocycles. The zero-order valence-corrected chi connectivity index (χ0v) is 44.7. The van der Waals surface area contributed by atoms with Crippen LogP contribution in [0.4, 0.5) is 11.4 Å². The minimum atomic E-state index is -1.19. The Kier molecular flexibility index (Phi) is 9.50. The van der Waals surface area contributed by atoms with Gasteiger partial charge in [0.25, 0.3) is 0 Å². The SMILES string of the molecule is Cc1cc2c(cc1O)C1(CC2(C)C)CC(C)(C)c2cc(C3(C)C(=O)N(CCCN4C(=O)C(C)(c5cc6c(cc5O)C5(CC(C)(C)c7cc(C)c(O)cc75)CC6(C)C)c5ccccc54)c4ccccc43)c(O)cc21. The smallest absolute Gasteiger partial charge is 0.242 e. The lowest BCUT2D eigenvalue weighted by atomic mass is 9.72. The fourth-order valence-corrected chi connectivity index (χ4v) is 16.4. The van der Waals surface area contributed by atoms with Gasteiger partial charge in [-0.25, -0.2) is 0 Å². The van der Waals surface area contributed by atoms with E-state index in [1.807, 2.05) is 110 Å².